The molecule has 0 aliphatic carbocycles. The van der Waals surface area contributed by atoms with Crippen LogP contribution in [-0.4, -0.2) is 42.1 Å². The summed E-state index contributed by atoms with van der Waals surface area (Å²) in [6.45, 7) is 6.22. The molecule has 0 heterocycles. The summed E-state index contributed by atoms with van der Waals surface area (Å²) in [6, 6.07) is 0. The highest BCUT2D eigenvalue weighted by atomic mass is 79.9. The van der Waals surface area contributed by atoms with Crippen LogP contribution >= 0.6 is 27.5 Å². The molecule has 0 aromatic carbocycles. The Balaban J connectivity index is -0.000000327. The first-order valence-corrected chi connectivity index (χ1v) is 12.0. The summed E-state index contributed by atoms with van der Waals surface area (Å²) in [5.74, 6) is 0.365. The number of amides is 1. The second-order valence-electron chi connectivity index (χ2n) is 6.37. The second kappa shape index (κ2) is 28.1. The Labute approximate surface area is 181 Å². The van der Waals surface area contributed by atoms with Crippen molar-refractivity contribution in [3.63, 3.8) is 0 Å². The number of hydrogen-bond acceptors (Lipinski definition) is 3. The van der Waals surface area contributed by atoms with E-state index in [0.29, 0.717) is 12.8 Å². The monoisotopic (exact) mass is 471 g/mol. The van der Waals surface area contributed by atoms with E-state index >= 15 is 0 Å². The van der Waals surface area contributed by atoms with Crippen molar-refractivity contribution in [1.29, 1.82) is 0 Å². The van der Waals surface area contributed by atoms with Crippen LogP contribution in [0.1, 0.15) is 97.8 Å². The second-order valence-corrected chi connectivity index (χ2v) is 7.43. The molecule has 0 unspecified atom stereocenters. The Morgan fingerprint density at radius 1 is 0.889 bits per heavy atom. The number of ketones is 1. The highest BCUT2D eigenvalue weighted by Crippen LogP contribution is 2.05. The van der Waals surface area contributed by atoms with E-state index in [1.807, 2.05) is 0 Å². The minimum absolute atomic E-state index is 0.00694. The summed E-state index contributed by atoms with van der Waals surface area (Å²) in [5, 5.41) is 2.39. The lowest BCUT2D eigenvalue weighted by Gasteiger charge is -2.10. The van der Waals surface area contributed by atoms with E-state index in [-0.39, 0.29) is 17.6 Å². The number of alkyl halides is 2. The van der Waals surface area contributed by atoms with Gasteiger partial charge in [0.15, 0.2) is 0 Å². The molecule has 164 valence electrons. The summed E-state index contributed by atoms with van der Waals surface area (Å²) in [7, 11) is 3.05. The third-order valence-corrected chi connectivity index (χ3v) is 4.73. The molecule has 0 aromatic heterocycles. The van der Waals surface area contributed by atoms with Gasteiger partial charge < -0.3 is 0 Å². The van der Waals surface area contributed by atoms with Crippen molar-refractivity contribution < 1.29 is 14.4 Å². The maximum Gasteiger partial charge on any atom is 0.245 e. The third-order valence-electron chi connectivity index (χ3n) is 3.87. The summed E-state index contributed by atoms with van der Waals surface area (Å²) >= 11 is 8.74. The van der Waals surface area contributed by atoms with Crippen molar-refractivity contribution in [2.75, 3.05) is 25.4 Å². The average molecular weight is 473 g/mol. The molecule has 6 heteroatoms. The minimum Gasteiger partial charge on any atom is -0.298 e. The van der Waals surface area contributed by atoms with Crippen molar-refractivity contribution >= 4 is 39.2 Å². The molecule has 0 N–H and O–H groups in total. The molecule has 0 aliphatic rings. The normalized spacial score (nSPS) is 9.59. The lowest BCUT2D eigenvalue weighted by Crippen LogP contribution is -2.23. The summed E-state index contributed by atoms with van der Waals surface area (Å²) in [6.07, 6.45) is 14.1. The lowest BCUT2D eigenvalue weighted by molar-refractivity contribution is -0.168. The van der Waals surface area contributed by atoms with Gasteiger partial charge in [-0.3, -0.25) is 14.4 Å². The lowest BCUT2D eigenvalue weighted by atomic mass is 10.1. The van der Waals surface area contributed by atoms with Crippen molar-refractivity contribution in [2.45, 2.75) is 97.8 Å². The zero-order valence-corrected chi connectivity index (χ0v) is 20.7. The van der Waals surface area contributed by atoms with E-state index in [2.05, 4.69) is 34.6 Å². The fourth-order valence-corrected chi connectivity index (χ4v) is 2.55. The quantitative estimate of drug-likeness (QED) is 0.156. The molecular weight excluding hydrogens is 430 g/mol. The van der Waals surface area contributed by atoms with E-state index in [1.165, 1.54) is 75.3 Å². The molecule has 1 amide bonds. The summed E-state index contributed by atoms with van der Waals surface area (Å²) in [4.78, 5) is 25.8. The predicted octanol–water partition coefficient (Wildman–Crippen LogP) is 6.92. The number of unbranched alkanes of at least 4 members (excludes halogenated alkanes) is 8. The molecule has 0 saturated heterocycles. The highest BCUT2D eigenvalue weighted by Gasteiger charge is 2.01. The molecule has 27 heavy (non-hydrogen) atoms. The van der Waals surface area contributed by atoms with Crippen LogP contribution in [0.5, 0.6) is 0 Å². The number of carbonyl (C=O) groups excluding carboxylic acids is 2. The van der Waals surface area contributed by atoms with Gasteiger partial charge in [0.25, 0.3) is 0 Å². The summed E-state index contributed by atoms with van der Waals surface area (Å²) in [5.41, 5.74) is 0. The molecular formula is C21H43BrClNO3. The molecule has 0 spiro atoms. The van der Waals surface area contributed by atoms with Crippen molar-refractivity contribution in [3.8, 4) is 0 Å². The van der Waals surface area contributed by atoms with E-state index < -0.39 is 0 Å². The Kier molecular flexibility index (Phi) is 32.8. The topological polar surface area (TPSA) is 46.6 Å². The zero-order chi connectivity index (χ0) is 21.3. The van der Waals surface area contributed by atoms with Gasteiger partial charge in [-0.15, -0.1) is 11.6 Å². The van der Waals surface area contributed by atoms with Crippen LogP contribution < -0.4 is 0 Å². The van der Waals surface area contributed by atoms with Crippen LogP contribution in [-0.2, 0) is 14.4 Å². The molecule has 0 rings (SSSR count). The maximum absolute atomic E-state index is 10.7. The molecule has 0 bridgehead atoms. The molecule has 0 saturated carbocycles. The van der Waals surface area contributed by atoms with Gasteiger partial charge in [0.05, 0.1) is 13.0 Å². The Bertz CT molecular complexity index is 312. The first kappa shape index (κ1) is 31.6. The van der Waals surface area contributed by atoms with Crippen LogP contribution in [0.4, 0.5) is 0 Å². The minimum atomic E-state index is -0.00694. The first-order valence-electron chi connectivity index (χ1n) is 10.4. The Morgan fingerprint density at radius 2 is 1.37 bits per heavy atom. The van der Waals surface area contributed by atoms with Gasteiger partial charge in [0.2, 0.25) is 5.91 Å². The van der Waals surface area contributed by atoms with Crippen molar-refractivity contribution in [2.24, 2.45) is 0 Å². The van der Waals surface area contributed by atoms with Crippen molar-refractivity contribution in [1.82, 2.24) is 5.06 Å². The molecule has 0 fully saturated rings. The fraction of sp³-hybridized carbons (Fsp3) is 0.905. The Hall–Kier alpha value is -0.130. The van der Waals surface area contributed by atoms with E-state index in [1.54, 1.807) is 14.0 Å². The number of carbonyl (C=O) groups is 2. The van der Waals surface area contributed by atoms with Gasteiger partial charge in [-0.2, -0.15) is 0 Å². The van der Waals surface area contributed by atoms with Gasteiger partial charge in [-0.1, -0.05) is 88.1 Å². The van der Waals surface area contributed by atoms with Crippen molar-refractivity contribution in [3.05, 3.63) is 0 Å². The number of hydrogen-bond donors (Lipinski definition) is 0. The number of rotatable bonds is 14. The maximum atomic E-state index is 10.7. The molecule has 0 atom stereocenters. The van der Waals surface area contributed by atoms with E-state index in [9.17, 15) is 9.59 Å². The number of hydroxylamine groups is 2. The molecule has 4 nitrogen and oxygen atoms in total. The number of nitrogens with zero attached hydrogens (tertiary/aromatic N) is 1. The Morgan fingerprint density at radius 3 is 1.70 bits per heavy atom. The third kappa shape index (κ3) is 30.8. The zero-order valence-electron chi connectivity index (χ0n) is 18.3. The molecule has 0 aromatic rings. The standard InChI is InChI=1S/C9H17ClO.C7H15Br.C5H11NO2/c1-2-3-4-5-6-7-9(11)8-10;1-2-3-4-5-6-7-8;1-4-5(7)6(2)8-3/h2-8H2,1H3;2-7H2,1H3;4H2,1-3H3. The van der Waals surface area contributed by atoms with Crippen LogP contribution in [0.2, 0.25) is 0 Å². The first-order chi connectivity index (χ1) is 12.9. The van der Waals surface area contributed by atoms with E-state index in [4.69, 9.17) is 11.6 Å². The predicted molar refractivity (Wildman–Crippen MR) is 122 cm³/mol. The van der Waals surface area contributed by atoms with Gasteiger partial charge in [0, 0.05) is 25.2 Å². The number of Topliss-reactive ketones (excluding diaryl/α,β-unsaturated/α-hetero) is 1. The van der Waals surface area contributed by atoms with Crippen LogP contribution in [0.25, 0.3) is 0 Å². The van der Waals surface area contributed by atoms with Crippen LogP contribution in [0.3, 0.4) is 0 Å². The number of halogens is 2. The SMILES string of the molecule is CCC(=O)N(C)OC.CCCCCCCBr.CCCCCCCC(=O)CCl. The smallest absolute Gasteiger partial charge is 0.245 e. The largest absolute Gasteiger partial charge is 0.298 e. The van der Waals surface area contributed by atoms with Crippen LogP contribution in [0, 0.1) is 0 Å². The van der Waals surface area contributed by atoms with Gasteiger partial charge in [-0.25, -0.2) is 5.06 Å². The van der Waals surface area contributed by atoms with Gasteiger partial charge in [0.1, 0.15) is 5.78 Å². The average Bonchev–Trinajstić information content (AvgIpc) is 2.70. The van der Waals surface area contributed by atoms with E-state index in [0.717, 1.165) is 6.42 Å². The van der Waals surface area contributed by atoms with Crippen LogP contribution in [0.15, 0.2) is 0 Å². The molecule has 0 radical (unpaired) electrons. The molecule has 0 aliphatic heterocycles. The highest BCUT2D eigenvalue weighted by molar-refractivity contribution is 9.09. The fourth-order valence-electron chi connectivity index (χ4n) is 2.02. The van der Waals surface area contributed by atoms with Gasteiger partial charge in [-0.05, 0) is 12.8 Å². The summed E-state index contributed by atoms with van der Waals surface area (Å²) < 4.78 is 0. The van der Waals surface area contributed by atoms with Gasteiger partial charge >= 0.3 is 0 Å².